The van der Waals surface area contributed by atoms with Crippen LogP contribution in [0.4, 0.5) is 0 Å². The van der Waals surface area contributed by atoms with E-state index in [9.17, 15) is 0 Å². The van der Waals surface area contributed by atoms with Crippen molar-refractivity contribution >= 4 is 17.2 Å². The Morgan fingerprint density at radius 3 is 1.85 bits per heavy atom. The van der Waals surface area contributed by atoms with Crippen molar-refractivity contribution in [2.75, 3.05) is 26.7 Å². The minimum Gasteiger partial charge on any atom is -0.400 e. The number of nitrogens with zero attached hydrogens (tertiary/aromatic N) is 3. The van der Waals surface area contributed by atoms with Crippen molar-refractivity contribution in [1.82, 2.24) is 14.9 Å². The lowest BCUT2D eigenvalue weighted by Gasteiger charge is -2.21. The Morgan fingerprint density at radius 2 is 1.35 bits per heavy atom. The summed E-state index contributed by atoms with van der Waals surface area (Å²) >= 11 is 0. The quantitative estimate of drug-likeness (QED) is 0.0960. The number of para-hydroxylation sites is 2. The second kappa shape index (κ2) is 25.2. The fourth-order valence-electron chi connectivity index (χ4n) is 4.72. The maximum absolute atomic E-state index is 7.02. The van der Waals surface area contributed by atoms with Crippen LogP contribution in [-0.4, -0.2) is 52.9 Å². The third kappa shape index (κ3) is 14.0. The second-order valence-corrected chi connectivity index (χ2v) is 10.3. The van der Waals surface area contributed by atoms with E-state index in [2.05, 4.69) is 74.2 Å². The van der Waals surface area contributed by atoms with Crippen molar-refractivity contribution in [1.29, 1.82) is 5.41 Å². The SMILES string of the molecule is CC.CC/C=C(C=N)\C=C/CCN.CCCCN(CCC)Cc1ccc(-c2nc3ccccc3nc2-c2ccccc2)cc1.CO. The Balaban J connectivity index is 0.000000598. The van der Waals surface area contributed by atoms with Gasteiger partial charge in [-0.2, -0.15) is 0 Å². The standard InChI is InChI=1S/C28H31N3.C9H16N2.C2H6.CH4O/c1-3-5-20-31(19-4-2)21-22-15-17-24(18-16-22)28-27(23-11-7-6-8-12-23)29-25-13-9-10-14-26(25)30-28;1-2-5-9(8-11)6-3-4-7-10;2*1-2/h6-18H,3-5,19-21H2,1-2H3;3,5-6,8,11H,2,4,7,10H2,1H3;1-2H3;2H,1H3/b;6-3-,9-5+,11-8?;;. The Morgan fingerprint density at radius 1 is 0.783 bits per heavy atom. The zero-order valence-corrected chi connectivity index (χ0v) is 29.0. The number of benzene rings is 3. The molecule has 0 bridgehead atoms. The molecule has 0 aliphatic heterocycles. The molecule has 6 heteroatoms. The van der Waals surface area contributed by atoms with E-state index in [0.717, 1.165) is 72.2 Å². The highest BCUT2D eigenvalue weighted by molar-refractivity contribution is 5.86. The average Bonchev–Trinajstić information content (AvgIpc) is 3.12. The van der Waals surface area contributed by atoms with Crippen LogP contribution in [0.1, 0.15) is 72.3 Å². The summed E-state index contributed by atoms with van der Waals surface area (Å²) in [4.78, 5) is 12.5. The topological polar surface area (TPSA) is 99.1 Å². The van der Waals surface area contributed by atoms with Gasteiger partial charge in [0.05, 0.1) is 22.4 Å². The van der Waals surface area contributed by atoms with Gasteiger partial charge in [0, 0.05) is 31.0 Å². The number of aromatic nitrogens is 2. The fourth-order valence-corrected chi connectivity index (χ4v) is 4.72. The summed E-state index contributed by atoms with van der Waals surface area (Å²) in [6, 6.07) is 27.3. The molecule has 0 saturated carbocycles. The van der Waals surface area contributed by atoms with Gasteiger partial charge in [-0.05, 0) is 68.6 Å². The maximum atomic E-state index is 7.02. The molecular formula is C40H57N5O. The molecule has 0 atom stereocenters. The summed E-state index contributed by atoms with van der Waals surface area (Å²) < 4.78 is 0. The molecule has 1 heterocycles. The summed E-state index contributed by atoms with van der Waals surface area (Å²) in [6.07, 6.45) is 12.8. The number of hydrogen-bond acceptors (Lipinski definition) is 6. The number of aliphatic hydroxyl groups is 1. The molecule has 0 saturated heterocycles. The second-order valence-electron chi connectivity index (χ2n) is 10.3. The Labute approximate surface area is 278 Å². The molecule has 0 fully saturated rings. The smallest absolute Gasteiger partial charge is 0.0973 e. The van der Waals surface area contributed by atoms with Gasteiger partial charge in [0.25, 0.3) is 0 Å². The monoisotopic (exact) mass is 623 g/mol. The number of rotatable bonds is 14. The number of hydrogen-bond donors (Lipinski definition) is 3. The number of nitrogens with one attached hydrogen (secondary N) is 1. The van der Waals surface area contributed by atoms with Crippen LogP contribution in [0.5, 0.6) is 0 Å². The largest absolute Gasteiger partial charge is 0.400 e. The van der Waals surface area contributed by atoms with Crippen LogP contribution < -0.4 is 5.73 Å². The molecule has 6 nitrogen and oxygen atoms in total. The van der Waals surface area contributed by atoms with Gasteiger partial charge in [-0.1, -0.05) is 126 Å². The number of aliphatic hydroxyl groups excluding tert-OH is 1. The molecule has 0 amide bonds. The van der Waals surface area contributed by atoms with Gasteiger partial charge >= 0.3 is 0 Å². The van der Waals surface area contributed by atoms with Crippen molar-refractivity contribution in [3.63, 3.8) is 0 Å². The van der Waals surface area contributed by atoms with Gasteiger partial charge in [0.2, 0.25) is 0 Å². The zero-order chi connectivity index (χ0) is 34.0. The first kappa shape index (κ1) is 40.1. The van der Waals surface area contributed by atoms with Crippen LogP contribution in [0.2, 0.25) is 0 Å². The van der Waals surface area contributed by atoms with Crippen LogP contribution >= 0.6 is 0 Å². The third-order valence-electron chi connectivity index (χ3n) is 6.87. The molecule has 248 valence electrons. The van der Waals surface area contributed by atoms with E-state index >= 15 is 0 Å². The highest BCUT2D eigenvalue weighted by atomic mass is 16.2. The number of nitrogens with two attached hydrogens (primary N) is 1. The molecule has 4 N–H and O–H groups in total. The highest BCUT2D eigenvalue weighted by Gasteiger charge is 2.13. The molecule has 0 aliphatic rings. The van der Waals surface area contributed by atoms with E-state index in [1.807, 2.05) is 62.4 Å². The minimum atomic E-state index is 0.675. The molecule has 0 unspecified atom stereocenters. The van der Waals surface area contributed by atoms with E-state index in [0.29, 0.717) is 6.54 Å². The first-order valence-electron chi connectivity index (χ1n) is 16.8. The van der Waals surface area contributed by atoms with Crippen molar-refractivity contribution in [3.8, 4) is 22.5 Å². The number of fused-ring (bicyclic) bond motifs is 1. The Bertz CT molecular complexity index is 1420. The normalized spacial score (nSPS) is 10.8. The summed E-state index contributed by atoms with van der Waals surface area (Å²) in [5, 5.41) is 14.0. The van der Waals surface area contributed by atoms with Crippen LogP contribution in [0.15, 0.2) is 103 Å². The van der Waals surface area contributed by atoms with E-state index < -0.39 is 0 Å². The fraction of sp³-hybridized carbons (Fsp3) is 0.375. The lowest BCUT2D eigenvalue weighted by molar-refractivity contribution is 0.262. The predicted molar refractivity (Wildman–Crippen MR) is 200 cm³/mol. The average molecular weight is 624 g/mol. The predicted octanol–water partition coefficient (Wildman–Crippen LogP) is 9.49. The summed E-state index contributed by atoms with van der Waals surface area (Å²) in [6.45, 7) is 14.6. The summed E-state index contributed by atoms with van der Waals surface area (Å²) in [7, 11) is 1.00. The molecular weight excluding hydrogens is 566 g/mol. The molecule has 1 aromatic heterocycles. The lowest BCUT2D eigenvalue weighted by Crippen LogP contribution is -2.25. The van der Waals surface area contributed by atoms with Gasteiger partial charge in [-0.3, -0.25) is 4.90 Å². The number of allylic oxidation sites excluding steroid dienone is 3. The van der Waals surface area contributed by atoms with Crippen LogP contribution in [0, 0.1) is 5.41 Å². The molecule has 3 aromatic carbocycles. The lowest BCUT2D eigenvalue weighted by atomic mass is 10.0. The highest BCUT2D eigenvalue weighted by Crippen LogP contribution is 2.31. The van der Waals surface area contributed by atoms with Crippen molar-refractivity contribution in [2.24, 2.45) is 5.73 Å². The van der Waals surface area contributed by atoms with Gasteiger partial charge in [0.15, 0.2) is 0 Å². The molecule has 4 aromatic rings. The first-order valence-corrected chi connectivity index (χ1v) is 16.8. The van der Waals surface area contributed by atoms with Crippen molar-refractivity contribution in [3.05, 3.63) is 108 Å². The van der Waals surface area contributed by atoms with E-state index in [1.165, 1.54) is 37.6 Å². The van der Waals surface area contributed by atoms with Crippen molar-refractivity contribution in [2.45, 2.75) is 73.3 Å². The van der Waals surface area contributed by atoms with Gasteiger partial charge in [-0.15, -0.1) is 0 Å². The number of unbranched alkanes of at least 4 members (excludes halogenated alkanes) is 1. The van der Waals surface area contributed by atoms with E-state index in [1.54, 1.807) is 0 Å². The Kier molecular flexibility index (Phi) is 22.0. The molecule has 0 radical (unpaired) electrons. The van der Waals surface area contributed by atoms with Gasteiger partial charge in [0.1, 0.15) is 0 Å². The zero-order valence-electron chi connectivity index (χ0n) is 29.0. The molecule has 0 spiro atoms. The van der Waals surface area contributed by atoms with Gasteiger partial charge < -0.3 is 16.2 Å². The first-order chi connectivity index (χ1) is 22.6. The molecule has 0 aliphatic carbocycles. The minimum absolute atomic E-state index is 0.675. The third-order valence-corrected chi connectivity index (χ3v) is 6.87. The summed E-state index contributed by atoms with van der Waals surface area (Å²) in [5.41, 5.74) is 13.5. The van der Waals surface area contributed by atoms with Gasteiger partial charge in [-0.25, -0.2) is 9.97 Å². The van der Waals surface area contributed by atoms with Crippen molar-refractivity contribution < 1.29 is 5.11 Å². The molecule has 46 heavy (non-hydrogen) atoms. The Hall–Kier alpha value is -3.97. The maximum Gasteiger partial charge on any atom is 0.0973 e. The van der Waals surface area contributed by atoms with E-state index in [-0.39, 0.29) is 0 Å². The molecule has 4 rings (SSSR count). The summed E-state index contributed by atoms with van der Waals surface area (Å²) in [5.74, 6) is 0. The van der Waals surface area contributed by atoms with E-state index in [4.69, 9.17) is 26.2 Å². The van der Waals surface area contributed by atoms with Crippen LogP contribution in [0.25, 0.3) is 33.5 Å². The van der Waals surface area contributed by atoms with Crippen LogP contribution in [0.3, 0.4) is 0 Å². The van der Waals surface area contributed by atoms with Crippen LogP contribution in [-0.2, 0) is 6.54 Å².